The molecule has 4 heteroatoms. The summed E-state index contributed by atoms with van der Waals surface area (Å²) < 4.78 is 5.46. The third-order valence-corrected chi connectivity index (χ3v) is 5.35. The summed E-state index contributed by atoms with van der Waals surface area (Å²) in [6, 6.07) is 0.731. The summed E-state index contributed by atoms with van der Waals surface area (Å²) in [6.07, 6.45) is 5.46. The van der Waals surface area contributed by atoms with Crippen molar-refractivity contribution in [2.45, 2.75) is 44.2 Å². The SMILES string of the molecule is CC(CN)(CC1CC1)N1CCC(N2CCOCC2)C1. The lowest BCUT2D eigenvalue weighted by molar-refractivity contribution is 0.0149. The van der Waals surface area contributed by atoms with Crippen molar-refractivity contribution in [2.24, 2.45) is 11.7 Å². The van der Waals surface area contributed by atoms with Crippen molar-refractivity contribution < 1.29 is 4.74 Å². The zero-order chi connectivity index (χ0) is 13.3. The molecule has 0 amide bonds. The monoisotopic (exact) mass is 267 g/mol. The smallest absolute Gasteiger partial charge is 0.0594 e. The van der Waals surface area contributed by atoms with Gasteiger partial charge in [-0.15, -0.1) is 0 Å². The number of rotatable bonds is 5. The van der Waals surface area contributed by atoms with Gasteiger partial charge in [0.25, 0.3) is 0 Å². The average molecular weight is 267 g/mol. The van der Waals surface area contributed by atoms with Gasteiger partial charge in [0.15, 0.2) is 0 Å². The highest BCUT2D eigenvalue weighted by Crippen LogP contribution is 2.39. The van der Waals surface area contributed by atoms with Gasteiger partial charge in [-0.3, -0.25) is 9.80 Å². The highest BCUT2D eigenvalue weighted by Gasteiger charge is 2.41. The molecule has 0 radical (unpaired) electrons. The van der Waals surface area contributed by atoms with Gasteiger partial charge in [0.05, 0.1) is 13.2 Å². The maximum atomic E-state index is 6.11. The minimum Gasteiger partial charge on any atom is -0.379 e. The molecule has 0 aromatic rings. The van der Waals surface area contributed by atoms with E-state index in [1.165, 1.54) is 38.8 Å². The van der Waals surface area contributed by atoms with Gasteiger partial charge in [-0.05, 0) is 25.7 Å². The van der Waals surface area contributed by atoms with E-state index in [4.69, 9.17) is 10.5 Å². The van der Waals surface area contributed by atoms with Gasteiger partial charge >= 0.3 is 0 Å². The van der Waals surface area contributed by atoms with Crippen molar-refractivity contribution in [2.75, 3.05) is 45.9 Å². The van der Waals surface area contributed by atoms with E-state index in [2.05, 4.69) is 16.7 Å². The first-order valence-corrected chi connectivity index (χ1v) is 7.98. The molecule has 3 rings (SSSR count). The third kappa shape index (κ3) is 3.13. The standard InChI is InChI=1S/C15H29N3O/c1-15(12-16,10-13-2-3-13)18-5-4-14(11-18)17-6-8-19-9-7-17/h13-14H,2-12,16H2,1H3. The molecule has 4 nitrogen and oxygen atoms in total. The van der Waals surface area contributed by atoms with E-state index >= 15 is 0 Å². The Hall–Kier alpha value is -0.160. The number of likely N-dealkylation sites (tertiary alicyclic amines) is 1. The number of hydrogen-bond acceptors (Lipinski definition) is 4. The highest BCUT2D eigenvalue weighted by atomic mass is 16.5. The molecule has 3 fully saturated rings. The van der Waals surface area contributed by atoms with Crippen molar-refractivity contribution in [3.05, 3.63) is 0 Å². The van der Waals surface area contributed by atoms with Gasteiger partial charge in [0.1, 0.15) is 0 Å². The Morgan fingerprint density at radius 2 is 1.89 bits per heavy atom. The van der Waals surface area contributed by atoms with Crippen LogP contribution < -0.4 is 5.73 Å². The summed E-state index contributed by atoms with van der Waals surface area (Å²) in [7, 11) is 0. The molecule has 2 aliphatic heterocycles. The molecule has 2 unspecified atom stereocenters. The zero-order valence-electron chi connectivity index (χ0n) is 12.3. The second-order valence-electron chi connectivity index (χ2n) is 6.89. The van der Waals surface area contributed by atoms with E-state index in [9.17, 15) is 0 Å². The Bertz CT molecular complexity index is 302. The van der Waals surface area contributed by atoms with Crippen LogP contribution in [0.3, 0.4) is 0 Å². The quantitative estimate of drug-likeness (QED) is 0.804. The number of morpholine rings is 1. The van der Waals surface area contributed by atoms with Crippen molar-refractivity contribution in [3.63, 3.8) is 0 Å². The number of nitrogens with zero attached hydrogens (tertiary/aromatic N) is 2. The van der Waals surface area contributed by atoms with E-state index in [1.807, 2.05) is 0 Å². The molecule has 0 aromatic heterocycles. The summed E-state index contributed by atoms with van der Waals surface area (Å²) in [6.45, 7) is 9.66. The first-order valence-electron chi connectivity index (χ1n) is 7.98. The van der Waals surface area contributed by atoms with Crippen LogP contribution in [0, 0.1) is 5.92 Å². The number of ether oxygens (including phenoxy) is 1. The van der Waals surface area contributed by atoms with Gasteiger partial charge in [-0.2, -0.15) is 0 Å². The molecule has 1 aliphatic carbocycles. The second kappa shape index (κ2) is 5.68. The van der Waals surface area contributed by atoms with E-state index in [0.717, 1.165) is 44.8 Å². The second-order valence-corrected chi connectivity index (χ2v) is 6.89. The Balaban J connectivity index is 1.56. The van der Waals surface area contributed by atoms with E-state index in [1.54, 1.807) is 0 Å². The molecule has 19 heavy (non-hydrogen) atoms. The fourth-order valence-corrected chi connectivity index (χ4v) is 3.76. The molecule has 3 aliphatic rings. The van der Waals surface area contributed by atoms with Crippen LogP contribution in [0.25, 0.3) is 0 Å². The van der Waals surface area contributed by atoms with Crippen molar-refractivity contribution >= 4 is 0 Å². The van der Waals surface area contributed by atoms with Gasteiger partial charge < -0.3 is 10.5 Å². The van der Waals surface area contributed by atoms with Crippen LogP contribution >= 0.6 is 0 Å². The summed E-state index contributed by atoms with van der Waals surface area (Å²) >= 11 is 0. The van der Waals surface area contributed by atoms with Crippen LogP contribution in [0.15, 0.2) is 0 Å². The van der Waals surface area contributed by atoms with E-state index < -0.39 is 0 Å². The number of hydrogen-bond donors (Lipinski definition) is 1. The van der Waals surface area contributed by atoms with Crippen LogP contribution in [0.1, 0.15) is 32.6 Å². The molecule has 2 N–H and O–H groups in total. The maximum absolute atomic E-state index is 6.11. The summed E-state index contributed by atoms with van der Waals surface area (Å²) in [4.78, 5) is 5.29. The molecule has 0 bridgehead atoms. The van der Waals surface area contributed by atoms with Gasteiger partial charge in [0, 0.05) is 44.3 Å². The minimum absolute atomic E-state index is 0.238. The average Bonchev–Trinajstić information content (AvgIpc) is 3.11. The Morgan fingerprint density at radius 1 is 1.16 bits per heavy atom. The molecule has 2 heterocycles. The topological polar surface area (TPSA) is 41.7 Å². The van der Waals surface area contributed by atoms with Crippen molar-refractivity contribution in [1.82, 2.24) is 9.80 Å². The van der Waals surface area contributed by atoms with Crippen molar-refractivity contribution in [3.8, 4) is 0 Å². The molecule has 2 atom stereocenters. The van der Waals surface area contributed by atoms with Crippen LogP contribution in [0.4, 0.5) is 0 Å². The van der Waals surface area contributed by atoms with Crippen LogP contribution in [-0.4, -0.2) is 67.3 Å². The highest BCUT2D eigenvalue weighted by molar-refractivity contribution is 4.98. The first-order chi connectivity index (χ1) is 9.21. The van der Waals surface area contributed by atoms with E-state index in [-0.39, 0.29) is 5.54 Å². The predicted molar refractivity (Wildman–Crippen MR) is 77.2 cm³/mol. The molecule has 0 spiro atoms. The van der Waals surface area contributed by atoms with Crippen LogP contribution in [-0.2, 0) is 4.74 Å². The molecule has 0 aromatic carbocycles. The molecule has 1 saturated carbocycles. The normalized spacial score (nSPS) is 33.5. The van der Waals surface area contributed by atoms with E-state index in [0.29, 0.717) is 0 Å². The molecule has 2 saturated heterocycles. The largest absolute Gasteiger partial charge is 0.379 e. The molecule has 110 valence electrons. The lowest BCUT2D eigenvalue weighted by atomic mass is 9.93. The first kappa shape index (κ1) is 13.8. The fraction of sp³-hybridized carbons (Fsp3) is 1.00. The predicted octanol–water partition coefficient (Wildman–Crippen LogP) is 0.910. The summed E-state index contributed by atoms with van der Waals surface area (Å²) in [5, 5.41) is 0. The number of nitrogens with two attached hydrogens (primary N) is 1. The van der Waals surface area contributed by atoms with Crippen LogP contribution in [0.5, 0.6) is 0 Å². The molecular formula is C15H29N3O. The zero-order valence-corrected chi connectivity index (χ0v) is 12.3. The Morgan fingerprint density at radius 3 is 2.53 bits per heavy atom. The molecular weight excluding hydrogens is 238 g/mol. The van der Waals surface area contributed by atoms with Gasteiger partial charge in [0.2, 0.25) is 0 Å². The van der Waals surface area contributed by atoms with Gasteiger partial charge in [-0.1, -0.05) is 12.8 Å². The maximum Gasteiger partial charge on any atom is 0.0594 e. The Kier molecular flexibility index (Phi) is 4.13. The fourth-order valence-electron chi connectivity index (χ4n) is 3.76. The lowest BCUT2D eigenvalue weighted by Crippen LogP contribution is -2.52. The van der Waals surface area contributed by atoms with Crippen LogP contribution in [0.2, 0.25) is 0 Å². The summed E-state index contributed by atoms with van der Waals surface area (Å²) in [5.74, 6) is 0.955. The summed E-state index contributed by atoms with van der Waals surface area (Å²) in [5.41, 5.74) is 6.35. The van der Waals surface area contributed by atoms with Crippen molar-refractivity contribution in [1.29, 1.82) is 0 Å². The van der Waals surface area contributed by atoms with Gasteiger partial charge in [-0.25, -0.2) is 0 Å². The third-order valence-electron chi connectivity index (χ3n) is 5.35. The minimum atomic E-state index is 0.238. The lowest BCUT2D eigenvalue weighted by Gasteiger charge is -2.39. The Labute approximate surface area is 117 Å².